The van der Waals surface area contributed by atoms with E-state index in [1.165, 1.54) is 6.07 Å². The summed E-state index contributed by atoms with van der Waals surface area (Å²) in [5, 5.41) is 5.85. The molecule has 0 atom stereocenters. The number of pyridine rings is 1. The number of carbonyl (C=O) groups is 1. The van der Waals surface area contributed by atoms with Gasteiger partial charge < -0.3 is 20.1 Å². The molecule has 6 nitrogen and oxygen atoms in total. The second-order valence-corrected chi connectivity index (χ2v) is 6.20. The van der Waals surface area contributed by atoms with Gasteiger partial charge in [-0.2, -0.15) is 0 Å². The molecule has 150 valence electrons. The van der Waals surface area contributed by atoms with Crippen LogP contribution in [0.2, 0.25) is 0 Å². The first-order valence-electron chi connectivity index (χ1n) is 9.14. The van der Waals surface area contributed by atoms with Crippen LogP contribution in [-0.4, -0.2) is 31.2 Å². The SMILES string of the molecule is COc1ccc(OCCNc2ccc(NC(=O)Cc3ccccc3F)cn2)cc1. The number of halogens is 1. The van der Waals surface area contributed by atoms with Crippen molar-refractivity contribution in [1.82, 2.24) is 4.98 Å². The van der Waals surface area contributed by atoms with E-state index < -0.39 is 5.82 Å². The smallest absolute Gasteiger partial charge is 0.228 e. The molecule has 0 saturated heterocycles. The Labute approximate surface area is 168 Å². The molecule has 7 heteroatoms. The Morgan fingerprint density at radius 3 is 2.48 bits per heavy atom. The van der Waals surface area contributed by atoms with E-state index in [4.69, 9.17) is 9.47 Å². The Morgan fingerprint density at radius 1 is 1.03 bits per heavy atom. The second-order valence-electron chi connectivity index (χ2n) is 6.20. The molecule has 1 amide bonds. The molecule has 0 aliphatic rings. The van der Waals surface area contributed by atoms with E-state index in [0.29, 0.717) is 30.2 Å². The molecule has 0 unspecified atom stereocenters. The molecule has 2 aromatic carbocycles. The minimum atomic E-state index is -0.391. The Kier molecular flexibility index (Phi) is 7.00. The summed E-state index contributed by atoms with van der Waals surface area (Å²) in [4.78, 5) is 16.3. The van der Waals surface area contributed by atoms with Crippen molar-refractivity contribution in [1.29, 1.82) is 0 Å². The lowest BCUT2D eigenvalue weighted by atomic mass is 10.1. The summed E-state index contributed by atoms with van der Waals surface area (Å²) >= 11 is 0. The maximum Gasteiger partial charge on any atom is 0.228 e. The number of rotatable bonds is 9. The van der Waals surface area contributed by atoms with Crippen LogP contribution in [-0.2, 0) is 11.2 Å². The first-order chi connectivity index (χ1) is 14.1. The molecule has 0 aliphatic heterocycles. The van der Waals surface area contributed by atoms with Gasteiger partial charge in [-0.25, -0.2) is 9.37 Å². The normalized spacial score (nSPS) is 10.3. The van der Waals surface area contributed by atoms with Crippen molar-refractivity contribution in [2.45, 2.75) is 6.42 Å². The molecule has 0 bridgehead atoms. The van der Waals surface area contributed by atoms with Gasteiger partial charge in [0.2, 0.25) is 5.91 Å². The molecule has 0 fully saturated rings. The fraction of sp³-hybridized carbons (Fsp3) is 0.182. The average molecular weight is 395 g/mol. The van der Waals surface area contributed by atoms with Crippen molar-refractivity contribution in [2.24, 2.45) is 0 Å². The largest absolute Gasteiger partial charge is 0.497 e. The molecule has 1 heterocycles. The summed E-state index contributed by atoms with van der Waals surface area (Å²) in [6.07, 6.45) is 1.52. The van der Waals surface area contributed by atoms with Gasteiger partial charge in [-0.05, 0) is 48.0 Å². The quantitative estimate of drug-likeness (QED) is 0.538. The zero-order valence-corrected chi connectivity index (χ0v) is 16.0. The third kappa shape index (κ3) is 6.21. The fourth-order valence-electron chi connectivity index (χ4n) is 2.61. The monoisotopic (exact) mass is 395 g/mol. The zero-order chi connectivity index (χ0) is 20.5. The number of methoxy groups -OCH3 is 1. The predicted octanol–water partition coefficient (Wildman–Crippen LogP) is 3.90. The summed E-state index contributed by atoms with van der Waals surface area (Å²) in [6, 6.07) is 17.1. The molecule has 1 aromatic heterocycles. The predicted molar refractivity (Wildman–Crippen MR) is 110 cm³/mol. The van der Waals surface area contributed by atoms with Crippen molar-refractivity contribution < 1.29 is 18.7 Å². The second kappa shape index (κ2) is 10.1. The highest BCUT2D eigenvalue weighted by Crippen LogP contribution is 2.17. The highest BCUT2D eigenvalue weighted by molar-refractivity contribution is 5.92. The van der Waals surface area contributed by atoms with E-state index in [0.717, 1.165) is 11.5 Å². The molecule has 0 saturated carbocycles. The van der Waals surface area contributed by atoms with E-state index in [9.17, 15) is 9.18 Å². The van der Waals surface area contributed by atoms with Crippen LogP contribution in [0.25, 0.3) is 0 Å². The molecule has 0 spiro atoms. The molecule has 0 aliphatic carbocycles. The number of hydrogen-bond donors (Lipinski definition) is 2. The summed E-state index contributed by atoms with van der Waals surface area (Å²) < 4.78 is 24.4. The van der Waals surface area contributed by atoms with Gasteiger partial charge >= 0.3 is 0 Å². The number of hydrogen-bond acceptors (Lipinski definition) is 5. The van der Waals surface area contributed by atoms with Crippen LogP contribution in [0.1, 0.15) is 5.56 Å². The van der Waals surface area contributed by atoms with E-state index >= 15 is 0 Å². The number of anilines is 2. The third-order valence-electron chi connectivity index (χ3n) is 4.09. The number of benzene rings is 2. The number of aromatic nitrogens is 1. The van der Waals surface area contributed by atoms with Crippen LogP contribution in [0.3, 0.4) is 0 Å². The van der Waals surface area contributed by atoms with Gasteiger partial charge in [0, 0.05) is 0 Å². The lowest BCUT2D eigenvalue weighted by Gasteiger charge is -2.10. The molecular weight excluding hydrogens is 373 g/mol. The van der Waals surface area contributed by atoms with Gasteiger partial charge in [0.25, 0.3) is 0 Å². The van der Waals surface area contributed by atoms with Crippen molar-refractivity contribution in [2.75, 3.05) is 30.9 Å². The minimum Gasteiger partial charge on any atom is -0.497 e. The molecule has 29 heavy (non-hydrogen) atoms. The first-order valence-corrected chi connectivity index (χ1v) is 9.14. The van der Waals surface area contributed by atoms with Crippen molar-refractivity contribution in [3.63, 3.8) is 0 Å². The van der Waals surface area contributed by atoms with Crippen molar-refractivity contribution in [3.05, 3.63) is 78.2 Å². The lowest BCUT2D eigenvalue weighted by Crippen LogP contribution is -2.16. The fourth-order valence-corrected chi connectivity index (χ4v) is 2.61. The zero-order valence-electron chi connectivity index (χ0n) is 16.0. The standard InChI is InChI=1S/C22H22FN3O3/c1-28-18-7-9-19(10-8-18)29-13-12-24-21-11-6-17(15-25-21)26-22(27)14-16-4-2-3-5-20(16)23/h2-11,15H,12-14H2,1H3,(H,24,25)(H,26,27). The van der Waals surface area contributed by atoms with Crippen LogP contribution in [0, 0.1) is 5.82 Å². The van der Waals surface area contributed by atoms with Crippen LogP contribution < -0.4 is 20.1 Å². The maximum absolute atomic E-state index is 13.6. The van der Waals surface area contributed by atoms with Crippen molar-refractivity contribution in [3.8, 4) is 11.5 Å². The summed E-state index contributed by atoms with van der Waals surface area (Å²) in [7, 11) is 1.62. The van der Waals surface area contributed by atoms with Crippen LogP contribution in [0.4, 0.5) is 15.9 Å². The molecule has 3 aromatic rings. The van der Waals surface area contributed by atoms with Crippen LogP contribution in [0.5, 0.6) is 11.5 Å². The highest BCUT2D eigenvalue weighted by atomic mass is 19.1. The number of ether oxygens (including phenoxy) is 2. The summed E-state index contributed by atoms with van der Waals surface area (Å²) in [6.45, 7) is 1.03. The Balaban J connectivity index is 1.41. The van der Waals surface area contributed by atoms with E-state index in [1.807, 2.05) is 24.3 Å². The number of carbonyl (C=O) groups excluding carboxylic acids is 1. The third-order valence-corrected chi connectivity index (χ3v) is 4.09. The Morgan fingerprint density at radius 2 is 1.79 bits per heavy atom. The van der Waals surface area contributed by atoms with Gasteiger partial charge in [0.15, 0.2) is 0 Å². The van der Waals surface area contributed by atoms with Gasteiger partial charge in [0.05, 0.1) is 32.0 Å². The van der Waals surface area contributed by atoms with E-state index in [-0.39, 0.29) is 12.3 Å². The van der Waals surface area contributed by atoms with Crippen molar-refractivity contribution >= 4 is 17.4 Å². The molecular formula is C22H22FN3O3. The van der Waals surface area contributed by atoms with Crippen LogP contribution >= 0.6 is 0 Å². The number of nitrogens with one attached hydrogen (secondary N) is 2. The molecule has 0 radical (unpaired) electrons. The maximum atomic E-state index is 13.6. The molecule has 3 rings (SSSR count). The van der Waals surface area contributed by atoms with Gasteiger partial charge in [0.1, 0.15) is 29.7 Å². The summed E-state index contributed by atoms with van der Waals surface area (Å²) in [5.41, 5.74) is 0.902. The van der Waals surface area contributed by atoms with Gasteiger partial charge in [-0.15, -0.1) is 0 Å². The van der Waals surface area contributed by atoms with Crippen LogP contribution in [0.15, 0.2) is 66.9 Å². The van der Waals surface area contributed by atoms with E-state index in [2.05, 4.69) is 15.6 Å². The lowest BCUT2D eigenvalue weighted by molar-refractivity contribution is -0.115. The topological polar surface area (TPSA) is 72.5 Å². The highest BCUT2D eigenvalue weighted by Gasteiger charge is 2.08. The molecule has 2 N–H and O–H groups in total. The number of amides is 1. The van der Waals surface area contributed by atoms with Gasteiger partial charge in [-0.1, -0.05) is 18.2 Å². The Bertz CT molecular complexity index is 931. The Hall–Kier alpha value is -3.61. The first kappa shape index (κ1) is 20.1. The number of nitrogens with zero attached hydrogens (tertiary/aromatic N) is 1. The average Bonchev–Trinajstić information content (AvgIpc) is 2.74. The van der Waals surface area contributed by atoms with Gasteiger partial charge in [-0.3, -0.25) is 4.79 Å². The van der Waals surface area contributed by atoms with E-state index in [1.54, 1.807) is 43.6 Å². The minimum absolute atomic E-state index is 0.0324. The summed E-state index contributed by atoms with van der Waals surface area (Å²) in [5.74, 6) is 1.51.